The summed E-state index contributed by atoms with van der Waals surface area (Å²) >= 11 is 3.17. The highest BCUT2D eigenvalue weighted by Crippen LogP contribution is 2.18. The van der Waals surface area contributed by atoms with Crippen LogP contribution in [0.4, 0.5) is 10.2 Å². The Morgan fingerprint density at radius 1 is 1.38 bits per heavy atom. The number of halogens is 2. The molecule has 0 aliphatic rings. The third kappa shape index (κ3) is 3.88. The highest BCUT2D eigenvalue weighted by molar-refractivity contribution is 9.10. The maximum absolute atomic E-state index is 13.7. The zero-order chi connectivity index (χ0) is 15.4. The highest BCUT2D eigenvalue weighted by Gasteiger charge is 2.13. The summed E-state index contributed by atoms with van der Waals surface area (Å²) in [5.74, 6) is -1.26. The molecule has 110 valence electrons. The summed E-state index contributed by atoms with van der Waals surface area (Å²) in [7, 11) is 1.20. The van der Waals surface area contributed by atoms with Gasteiger partial charge in [-0.3, -0.25) is 0 Å². The number of benzene rings is 1. The Bertz CT molecular complexity index is 682. The van der Waals surface area contributed by atoms with E-state index in [0.717, 1.165) is 0 Å². The number of methoxy groups -OCH3 is 1. The number of aromatic nitrogens is 2. The molecule has 0 bridgehead atoms. The van der Waals surface area contributed by atoms with Crippen LogP contribution in [-0.2, 0) is 11.3 Å². The second-order valence-electron chi connectivity index (χ2n) is 3.97. The van der Waals surface area contributed by atoms with E-state index in [2.05, 4.69) is 30.6 Å². The number of esters is 1. The summed E-state index contributed by atoms with van der Waals surface area (Å²) in [5.41, 5.74) is 5.89. The summed E-state index contributed by atoms with van der Waals surface area (Å²) in [6.45, 7) is -0.0593. The largest absolute Gasteiger partial charge is 0.473 e. The van der Waals surface area contributed by atoms with Crippen LogP contribution < -0.4 is 10.5 Å². The molecule has 1 aromatic carbocycles. The molecule has 0 atom stereocenters. The first-order chi connectivity index (χ1) is 9.99. The van der Waals surface area contributed by atoms with Gasteiger partial charge in [-0.2, -0.15) is 4.98 Å². The minimum absolute atomic E-state index is 0.0525. The smallest absolute Gasteiger partial charge is 0.376 e. The van der Waals surface area contributed by atoms with E-state index in [-0.39, 0.29) is 24.1 Å². The average Bonchev–Trinajstić information content (AvgIpc) is 2.45. The van der Waals surface area contributed by atoms with Crippen LogP contribution in [0, 0.1) is 5.82 Å². The number of anilines is 1. The number of rotatable bonds is 4. The number of carbonyl (C=O) groups excluding carboxylic acids is 1. The lowest BCUT2D eigenvalue weighted by molar-refractivity contribution is 0.0585. The molecule has 1 heterocycles. The predicted octanol–water partition coefficient (Wildman–Crippen LogP) is 2.33. The Morgan fingerprint density at radius 3 is 2.81 bits per heavy atom. The first kappa shape index (κ1) is 15.2. The molecule has 0 spiro atoms. The van der Waals surface area contributed by atoms with Crippen LogP contribution in [0.2, 0.25) is 0 Å². The summed E-state index contributed by atoms with van der Waals surface area (Å²) < 4.78 is 24.1. The third-order valence-electron chi connectivity index (χ3n) is 2.48. The molecule has 0 unspecified atom stereocenters. The zero-order valence-electron chi connectivity index (χ0n) is 11.0. The molecule has 2 N–H and O–H groups in total. The van der Waals surface area contributed by atoms with E-state index < -0.39 is 11.8 Å². The van der Waals surface area contributed by atoms with Gasteiger partial charge in [0.1, 0.15) is 18.2 Å². The fourth-order valence-electron chi connectivity index (χ4n) is 1.49. The first-order valence-electron chi connectivity index (χ1n) is 5.79. The van der Waals surface area contributed by atoms with Crippen LogP contribution in [0.15, 0.2) is 28.7 Å². The van der Waals surface area contributed by atoms with Gasteiger partial charge in [0.05, 0.1) is 7.11 Å². The van der Waals surface area contributed by atoms with Crippen molar-refractivity contribution < 1.29 is 18.7 Å². The molecule has 0 saturated carbocycles. The van der Waals surface area contributed by atoms with E-state index in [9.17, 15) is 9.18 Å². The number of nitrogens with zero attached hydrogens (tertiary/aromatic N) is 2. The van der Waals surface area contributed by atoms with Crippen LogP contribution in [0.3, 0.4) is 0 Å². The lowest BCUT2D eigenvalue weighted by atomic mass is 10.2. The van der Waals surface area contributed by atoms with E-state index in [1.807, 2.05) is 0 Å². The summed E-state index contributed by atoms with van der Waals surface area (Å²) in [5, 5.41) is 0. The highest BCUT2D eigenvalue weighted by atomic mass is 79.9. The second-order valence-corrected chi connectivity index (χ2v) is 4.89. The van der Waals surface area contributed by atoms with Crippen molar-refractivity contribution in [1.29, 1.82) is 0 Å². The number of nitrogens with two attached hydrogens (primary N) is 1. The van der Waals surface area contributed by atoms with Gasteiger partial charge in [-0.15, -0.1) is 0 Å². The Balaban J connectivity index is 2.16. The maximum Gasteiger partial charge on any atom is 0.376 e. The third-order valence-corrected chi connectivity index (χ3v) is 2.97. The monoisotopic (exact) mass is 355 g/mol. The molecule has 6 nitrogen and oxygen atoms in total. The van der Waals surface area contributed by atoms with E-state index >= 15 is 0 Å². The van der Waals surface area contributed by atoms with Gasteiger partial charge in [0.25, 0.3) is 0 Å². The van der Waals surface area contributed by atoms with E-state index in [1.165, 1.54) is 19.2 Å². The Morgan fingerprint density at radius 2 is 2.14 bits per heavy atom. The van der Waals surface area contributed by atoms with Crippen molar-refractivity contribution in [2.45, 2.75) is 6.61 Å². The number of hydrogen-bond donors (Lipinski definition) is 1. The van der Waals surface area contributed by atoms with Crippen molar-refractivity contribution in [1.82, 2.24) is 9.97 Å². The topological polar surface area (TPSA) is 87.3 Å². The molecule has 1 aromatic heterocycles. The zero-order valence-corrected chi connectivity index (χ0v) is 12.6. The van der Waals surface area contributed by atoms with Gasteiger partial charge < -0.3 is 15.2 Å². The van der Waals surface area contributed by atoms with Gasteiger partial charge in [-0.1, -0.05) is 22.0 Å². The Labute approximate surface area is 128 Å². The molecule has 21 heavy (non-hydrogen) atoms. The van der Waals surface area contributed by atoms with E-state index in [4.69, 9.17) is 10.5 Å². The minimum atomic E-state index is -0.734. The number of ether oxygens (including phenoxy) is 2. The van der Waals surface area contributed by atoms with Crippen molar-refractivity contribution in [3.8, 4) is 5.88 Å². The minimum Gasteiger partial charge on any atom is -0.473 e. The van der Waals surface area contributed by atoms with Crippen LogP contribution >= 0.6 is 15.9 Å². The first-order valence-corrected chi connectivity index (χ1v) is 6.58. The van der Waals surface area contributed by atoms with Crippen molar-refractivity contribution in [3.63, 3.8) is 0 Å². The number of carbonyl (C=O) groups is 1. The van der Waals surface area contributed by atoms with Gasteiger partial charge in [-0.05, 0) is 12.1 Å². The second kappa shape index (κ2) is 6.49. The van der Waals surface area contributed by atoms with Crippen LogP contribution in [0.25, 0.3) is 0 Å². The fraction of sp³-hybridized carbons (Fsp3) is 0.154. The molecule has 0 aliphatic carbocycles. The van der Waals surface area contributed by atoms with Crippen molar-refractivity contribution in [3.05, 3.63) is 45.9 Å². The van der Waals surface area contributed by atoms with Gasteiger partial charge in [0.15, 0.2) is 0 Å². The lowest BCUT2D eigenvalue weighted by Crippen LogP contribution is -2.11. The molecule has 2 rings (SSSR count). The maximum atomic E-state index is 13.7. The van der Waals surface area contributed by atoms with Crippen molar-refractivity contribution in [2.75, 3.05) is 12.8 Å². The molecular weight excluding hydrogens is 345 g/mol. The molecule has 2 aromatic rings. The average molecular weight is 356 g/mol. The molecule has 0 radical (unpaired) electrons. The molecule has 0 saturated heterocycles. The number of hydrogen-bond acceptors (Lipinski definition) is 6. The summed E-state index contributed by atoms with van der Waals surface area (Å²) in [6, 6.07) is 5.93. The molecule has 0 aliphatic heterocycles. The fourth-order valence-corrected chi connectivity index (χ4v) is 1.82. The quantitative estimate of drug-likeness (QED) is 0.846. The SMILES string of the molecule is COC(=O)c1nc(N)cc(OCc2ccc(Br)cc2F)n1. The van der Waals surface area contributed by atoms with Crippen molar-refractivity contribution >= 4 is 27.7 Å². The Kier molecular flexibility index (Phi) is 4.69. The molecule has 8 heteroatoms. The van der Waals surface area contributed by atoms with Gasteiger partial charge >= 0.3 is 5.97 Å². The standard InChI is InChI=1S/C13H11BrFN3O3/c1-20-13(19)12-17-10(16)5-11(18-12)21-6-7-2-3-8(14)4-9(7)15/h2-5H,6H2,1H3,(H2,16,17,18). The van der Waals surface area contributed by atoms with Gasteiger partial charge in [-0.25, -0.2) is 14.2 Å². The van der Waals surface area contributed by atoms with Gasteiger partial charge in [0, 0.05) is 16.1 Å². The molecular formula is C13H11BrFN3O3. The lowest BCUT2D eigenvalue weighted by Gasteiger charge is -2.08. The predicted molar refractivity (Wildman–Crippen MR) is 76.2 cm³/mol. The Hall–Kier alpha value is -2.22. The van der Waals surface area contributed by atoms with Gasteiger partial charge in [0.2, 0.25) is 11.7 Å². The van der Waals surface area contributed by atoms with Crippen LogP contribution in [0.5, 0.6) is 5.88 Å². The molecule has 0 amide bonds. The van der Waals surface area contributed by atoms with Crippen molar-refractivity contribution in [2.24, 2.45) is 0 Å². The summed E-state index contributed by atoms with van der Waals surface area (Å²) in [6.07, 6.45) is 0. The van der Waals surface area contributed by atoms with E-state index in [0.29, 0.717) is 10.0 Å². The van der Waals surface area contributed by atoms with E-state index in [1.54, 1.807) is 12.1 Å². The normalized spacial score (nSPS) is 10.2. The summed E-state index contributed by atoms with van der Waals surface area (Å²) in [4.78, 5) is 18.9. The molecule has 0 fully saturated rings. The van der Waals surface area contributed by atoms with Crippen LogP contribution in [-0.4, -0.2) is 23.0 Å². The number of nitrogen functional groups attached to an aromatic ring is 1. The van der Waals surface area contributed by atoms with Crippen LogP contribution in [0.1, 0.15) is 16.2 Å².